The van der Waals surface area contributed by atoms with Crippen LogP contribution in [0.25, 0.3) is 34.2 Å². The molecule has 2 aromatic heterocycles. The fraction of sp³-hybridized carbons (Fsp3) is 0.536. The van der Waals surface area contributed by atoms with Crippen LogP contribution in [0.3, 0.4) is 0 Å². The largest absolute Gasteiger partial charge is 0.508 e. The number of rotatable bonds is 52. The monoisotopic (exact) mass is 2180 g/mol. The summed E-state index contributed by atoms with van der Waals surface area (Å²) in [6.45, 7) is 14.2. The molecule has 47 nitrogen and oxygen atoms in total. The number of ketones is 3. The van der Waals surface area contributed by atoms with Crippen molar-refractivity contribution in [1.29, 1.82) is 0 Å². The first kappa shape index (κ1) is 117. The molecule has 6 aromatic rings. The van der Waals surface area contributed by atoms with E-state index in [-0.39, 0.29) is 210 Å². The number of carboxylic acid groups (broad SMARTS) is 4. The molecule has 6 atom stereocenters. The van der Waals surface area contributed by atoms with E-state index in [1.165, 1.54) is 40.9 Å². The Balaban J connectivity index is 0.0000257. The first-order chi connectivity index (χ1) is 68.4. The minimum Gasteiger partial charge on any atom is -0.508 e. The van der Waals surface area contributed by atoms with Crippen molar-refractivity contribution >= 4 is 100 Å². The van der Waals surface area contributed by atoms with Crippen LogP contribution in [0.5, 0.6) is 23.0 Å². The average Bonchev–Trinajstić information content (AvgIpc) is 1.64. The van der Waals surface area contributed by atoms with E-state index in [1.54, 1.807) is 67.0 Å². The summed E-state index contributed by atoms with van der Waals surface area (Å²) < 4.78 is 3.03. The van der Waals surface area contributed by atoms with Gasteiger partial charge in [-0.3, -0.25) is 120 Å². The van der Waals surface area contributed by atoms with Gasteiger partial charge < -0.3 is 94.4 Å². The molecule has 3 aliphatic rings. The molecule has 0 saturated carbocycles. The van der Waals surface area contributed by atoms with Crippen molar-refractivity contribution in [3.8, 4) is 57.1 Å². The van der Waals surface area contributed by atoms with E-state index < -0.39 is 227 Å². The Hall–Kier alpha value is -13.1. The van der Waals surface area contributed by atoms with Crippen LogP contribution < -0.4 is 43.8 Å². The quantitative estimate of drug-likeness (QED) is 0.0252. The number of primary amides is 3. The Labute approximate surface area is 867 Å². The van der Waals surface area contributed by atoms with Gasteiger partial charge in [-0.05, 0) is 110 Å². The molecule has 48 heteroatoms. The van der Waals surface area contributed by atoms with E-state index in [9.17, 15) is 122 Å². The number of amides is 10. The van der Waals surface area contributed by atoms with Gasteiger partial charge in [0.15, 0.2) is 23.2 Å². The number of phenolic OH excluding ortho intramolecular Hbond substituents is 4. The molecule has 0 spiro atoms. The van der Waals surface area contributed by atoms with Gasteiger partial charge in [0.1, 0.15) is 34.8 Å². The molecule has 3 saturated heterocycles. The second kappa shape index (κ2) is 56.4. The van der Waals surface area contributed by atoms with Crippen molar-refractivity contribution in [1.82, 2.24) is 95.3 Å². The molecule has 9 rings (SSSR count). The Morgan fingerprint density at radius 3 is 1.21 bits per heavy atom. The summed E-state index contributed by atoms with van der Waals surface area (Å²) in [5.41, 5.74) is 20.8. The number of piperazine rings is 2. The number of benzene rings is 4. The van der Waals surface area contributed by atoms with Crippen molar-refractivity contribution in [2.24, 2.45) is 35.0 Å². The molecule has 0 unspecified atom stereocenters. The Morgan fingerprint density at radius 2 is 0.807 bits per heavy atom. The van der Waals surface area contributed by atoms with Crippen molar-refractivity contribution < 1.29 is 159 Å². The number of carbonyl (C=O) groups excluding carboxylic acids is 13. The van der Waals surface area contributed by atoms with Gasteiger partial charge in [-0.25, -0.2) is 0 Å². The van der Waals surface area contributed by atoms with Crippen LogP contribution in [0.2, 0.25) is 0 Å². The Kier molecular flexibility index (Phi) is 45.6. The van der Waals surface area contributed by atoms with Crippen LogP contribution in [0.1, 0.15) is 187 Å². The van der Waals surface area contributed by atoms with Crippen molar-refractivity contribution in [3.63, 3.8) is 0 Å². The van der Waals surface area contributed by atoms with Gasteiger partial charge >= 0.3 is 23.9 Å². The number of nitrogens with one attached hydrogen (secondary N) is 5. The Bertz CT molecular complexity index is 5550. The molecule has 0 bridgehead atoms. The topological polar surface area (TPSA) is 678 Å². The number of aromatic hydroxyl groups is 4. The molecule has 3 aliphatic heterocycles. The fourth-order valence-electron chi connectivity index (χ4n) is 17.7. The third kappa shape index (κ3) is 35.1. The van der Waals surface area contributed by atoms with Crippen molar-refractivity contribution in [2.75, 3.05) is 144 Å². The smallest absolute Gasteiger partial charge is 0.320 e. The van der Waals surface area contributed by atoms with E-state index >= 15 is 0 Å². The number of Topliss-reactive ketones (excluding diaryl/α,β-unsaturated/α-hetero) is 3. The van der Waals surface area contributed by atoms with E-state index in [0.29, 0.717) is 68.3 Å². The zero-order valence-electron chi connectivity index (χ0n) is 82.5. The number of carbonyl (C=O) groups is 17. The predicted molar refractivity (Wildman–Crippen MR) is 519 cm³/mol. The van der Waals surface area contributed by atoms with Gasteiger partial charge in [0, 0.05) is 267 Å². The third-order valence-electron chi connectivity index (χ3n) is 25.6. The predicted octanol–water partition coefficient (Wildman–Crippen LogP) is 0.857. The third-order valence-corrected chi connectivity index (χ3v) is 25.6. The summed E-state index contributed by atoms with van der Waals surface area (Å²) >= 11 is 0. The van der Waals surface area contributed by atoms with E-state index in [0.717, 1.165) is 11.1 Å². The number of nitrogens with zero attached hydrogens (tertiary/aromatic N) is 14. The second-order valence-electron chi connectivity index (χ2n) is 37.1. The van der Waals surface area contributed by atoms with Gasteiger partial charge in [0.2, 0.25) is 58.9 Å². The molecule has 145 heavy (non-hydrogen) atoms. The summed E-state index contributed by atoms with van der Waals surface area (Å²) in [5, 5.41) is 114. The number of phenols is 4. The molecule has 19 N–H and O–H groups in total. The van der Waals surface area contributed by atoms with Crippen molar-refractivity contribution in [2.45, 2.75) is 175 Å². The zero-order valence-corrected chi connectivity index (χ0v) is 84.1. The molecule has 3 fully saturated rings. The number of hydrogen-bond donors (Lipinski definition) is 16. The molecule has 1 radical (unpaired) electrons. The van der Waals surface area contributed by atoms with E-state index in [4.69, 9.17) is 17.2 Å². The maximum atomic E-state index is 14.8. The van der Waals surface area contributed by atoms with Crippen LogP contribution in [0, 0.1) is 54.6 Å². The first-order valence-corrected chi connectivity index (χ1v) is 48.3. The summed E-state index contributed by atoms with van der Waals surface area (Å²) in [6, 6.07) is 15.5. The van der Waals surface area contributed by atoms with Crippen LogP contribution in [-0.4, -0.2) is 372 Å². The molecule has 4 aromatic carbocycles. The normalized spacial score (nSPS) is 15.8. The molecular formula is C97H134LuN22O25. The molecule has 797 valence electrons. The number of aromatic nitrogens is 6. The zero-order chi connectivity index (χ0) is 105. The molecular weight excluding hydrogens is 2050 g/mol. The number of aliphatic carboxylic acids is 4. The maximum Gasteiger partial charge on any atom is 0.320 e. The van der Waals surface area contributed by atoms with Gasteiger partial charge in [-0.15, -0.1) is 20.4 Å². The first-order valence-electron chi connectivity index (χ1n) is 48.3. The number of nitrogens with two attached hydrogens (primary N) is 3. The molecule has 10 amide bonds. The minimum atomic E-state index is -1.64. The summed E-state index contributed by atoms with van der Waals surface area (Å²) in [7, 11) is 0. The Morgan fingerprint density at radius 1 is 0.407 bits per heavy atom. The maximum absolute atomic E-state index is 14.8. The standard InChI is InChI=1S/C97H134N22O25.Lu/c1-8-101-94(140)90-108-106-88(69-47-67(57(3)4)74(121)50-76(69)123)118(90)64-16-10-60(11-17-64)52-110-34-40-116(41-35-110)84(131)49-72(78(125)44-59(7)96(142)117-42-36-111(37-43-117)53-61-12-18-65(19-13-61)119-89(107-109-91(119)95(141)102-9-2)70-48-68(58(5)6)75(122)51-77(70)124)104-83(130)26-27-103-92(138)63(15-24-81(99)128)46-79(126)71(21-25-82(100)129)105-93(139)62(14-23-80(98)127)45-66(120)20-22-73(97(143)144)115-38-32-113(55-86(134)135)30-28-112(54-85(132)133)29-31-114(33-39-115)56-87(136)137;/h10-13,16-19,47-48,50-51,57-59,62-63,71-73,121-124H,8-9,14-15,20-46,49,52-56H2,1-7H3,(H2,98,127)(H2,99,128)(H2,100,129)(H,101,140)(H,102,141)(H,103,138)(H,104,130)(H,105,139)(H,132,133)(H,134,135)(H,136,137)(H,143,144);/t59-,62+,63+,71-,72-,73+;/m0./s1. The summed E-state index contributed by atoms with van der Waals surface area (Å²) in [5.74, 6) is -19.5. The van der Waals surface area contributed by atoms with Crippen LogP contribution >= 0.6 is 0 Å². The molecule has 5 heterocycles. The van der Waals surface area contributed by atoms with Crippen LogP contribution in [0.4, 0.5) is 0 Å². The summed E-state index contributed by atoms with van der Waals surface area (Å²) in [6.07, 6.45) is -6.58. The second-order valence-corrected chi connectivity index (χ2v) is 37.1. The SMILES string of the molecule is CCNC(=O)c1nnc(-c2cc(C(C)C)c(O)cc2O)n1-c1ccc(CN2CCN(C(=O)C[C@H](NC(=O)CCNC(=O)[C@H](CCC(N)=O)CC(=O)[C@H](CCC(N)=O)NC(=O)[C@H](CCC(N)=O)CC(=O)CC[C@H](C(=O)O)N3CCN(CC(=O)O)CCN(CC(=O)O)CCN(CC(=O)O)CC3)C(=O)C[C@H](C)C(=O)N3CCN(Cc4ccc(-n5c(C(=O)NCC)nnc5-c5cc(C(C)C)c(O)cc5O)cc4)CC3)CC2)cc1.[Lu]. The van der Waals surface area contributed by atoms with Crippen molar-refractivity contribution in [3.05, 3.63) is 107 Å². The van der Waals surface area contributed by atoms with Gasteiger partial charge in [-0.2, -0.15) is 0 Å². The van der Waals surface area contributed by atoms with Gasteiger partial charge in [0.25, 0.3) is 11.8 Å². The number of carboxylic acids is 4. The summed E-state index contributed by atoms with van der Waals surface area (Å²) in [4.78, 5) is 242. The van der Waals surface area contributed by atoms with Gasteiger partial charge in [-0.1, -0.05) is 58.9 Å². The minimum absolute atomic E-state index is 0. The molecule has 0 aliphatic carbocycles. The van der Waals surface area contributed by atoms with Gasteiger partial charge in [0.05, 0.1) is 49.3 Å². The fourth-order valence-corrected chi connectivity index (χ4v) is 17.7. The van der Waals surface area contributed by atoms with E-state index in [2.05, 4.69) is 56.8 Å². The van der Waals surface area contributed by atoms with Crippen LogP contribution in [0.15, 0.2) is 72.8 Å². The van der Waals surface area contributed by atoms with Crippen LogP contribution in [-0.2, 0) is 85.0 Å². The van der Waals surface area contributed by atoms with E-state index in [1.807, 2.05) is 52.0 Å². The number of hydrogen-bond acceptors (Lipinski definition) is 31. The average molecular weight is 2180 g/mol.